The SMILES string of the molecule is CC1=N[C@@H]2CCCC[C@@H]2CN1. The first kappa shape index (κ1) is 7.14. The molecule has 2 nitrogen and oxygen atoms in total. The predicted octanol–water partition coefficient (Wildman–Crippen LogP) is 1.57. The largest absolute Gasteiger partial charge is 0.374 e. The van der Waals surface area contributed by atoms with Gasteiger partial charge in [0.05, 0.1) is 11.9 Å². The molecule has 2 heteroatoms. The predicted molar refractivity (Wildman–Crippen MR) is 46.9 cm³/mol. The molecule has 1 N–H and O–H groups in total. The molecule has 0 amide bonds. The number of aliphatic imine (C=N–C) groups is 1. The van der Waals surface area contributed by atoms with Gasteiger partial charge in [-0.25, -0.2) is 0 Å². The maximum Gasteiger partial charge on any atom is 0.0935 e. The Hall–Kier alpha value is -0.530. The van der Waals surface area contributed by atoms with Crippen LogP contribution in [-0.4, -0.2) is 18.4 Å². The van der Waals surface area contributed by atoms with E-state index >= 15 is 0 Å². The van der Waals surface area contributed by atoms with Crippen molar-refractivity contribution in [2.24, 2.45) is 10.9 Å². The van der Waals surface area contributed by atoms with E-state index in [4.69, 9.17) is 0 Å². The average Bonchev–Trinajstić information content (AvgIpc) is 2.04. The summed E-state index contributed by atoms with van der Waals surface area (Å²) >= 11 is 0. The third-order valence-corrected chi connectivity index (χ3v) is 2.85. The van der Waals surface area contributed by atoms with Gasteiger partial charge in [-0.15, -0.1) is 0 Å². The normalized spacial score (nSPS) is 37.0. The molecule has 2 rings (SSSR count). The number of nitrogens with one attached hydrogen (secondary N) is 1. The second-order valence-corrected chi connectivity index (χ2v) is 3.71. The van der Waals surface area contributed by atoms with E-state index in [1.54, 1.807) is 0 Å². The van der Waals surface area contributed by atoms with E-state index in [2.05, 4.69) is 17.2 Å². The molecule has 1 heterocycles. The van der Waals surface area contributed by atoms with Crippen molar-refractivity contribution in [2.45, 2.75) is 38.6 Å². The summed E-state index contributed by atoms with van der Waals surface area (Å²) in [5.74, 6) is 1.99. The van der Waals surface area contributed by atoms with Gasteiger partial charge in [-0.2, -0.15) is 0 Å². The third kappa shape index (κ3) is 1.39. The highest BCUT2D eigenvalue weighted by Gasteiger charge is 2.26. The van der Waals surface area contributed by atoms with Crippen LogP contribution in [0.25, 0.3) is 0 Å². The molecule has 0 aromatic rings. The first-order valence-electron chi connectivity index (χ1n) is 4.64. The van der Waals surface area contributed by atoms with Gasteiger partial charge in [0, 0.05) is 6.54 Å². The van der Waals surface area contributed by atoms with Gasteiger partial charge < -0.3 is 5.32 Å². The van der Waals surface area contributed by atoms with Crippen LogP contribution in [0.4, 0.5) is 0 Å². The Morgan fingerprint density at radius 1 is 1.36 bits per heavy atom. The lowest BCUT2D eigenvalue weighted by atomic mass is 9.84. The van der Waals surface area contributed by atoms with Crippen LogP contribution in [0.3, 0.4) is 0 Å². The number of hydrogen-bond acceptors (Lipinski definition) is 2. The average molecular weight is 152 g/mol. The highest BCUT2D eigenvalue weighted by molar-refractivity contribution is 5.80. The van der Waals surface area contributed by atoms with Crippen LogP contribution >= 0.6 is 0 Å². The second-order valence-electron chi connectivity index (χ2n) is 3.71. The summed E-state index contributed by atoms with van der Waals surface area (Å²) in [7, 11) is 0. The minimum absolute atomic E-state index is 0.657. The van der Waals surface area contributed by atoms with Crippen molar-refractivity contribution in [1.82, 2.24) is 5.32 Å². The molecular weight excluding hydrogens is 136 g/mol. The molecule has 1 aliphatic heterocycles. The smallest absolute Gasteiger partial charge is 0.0935 e. The number of hydrogen-bond donors (Lipinski definition) is 1. The Kier molecular flexibility index (Phi) is 1.84. The third-order valence-electron chi connectivity index (χ3n) is 2.85. The Morgan fingerprint density at radius 2 is 2.18 bits per heavy atom. The van der Waals surface area contributed by atoms with Crippen LogP contribution in [0, 0.1) is 5.92 Å². The Balaban J connectivity index is 2.07. The van der Waals surface area contributed by atoms with Gasteiger partial charge in [0.1, 0.15) is 0 Å². The topological polar surface area (TPSA) is 24.4 Å². The molecule has 1 fully saturated rings. The highest BCUT2D eigenvalue weighted by atomic mass is 15.0. The van der Waals surface area contributed by atoms with E-state index in [9.17, 15) is 0 Å². The van der Waals surface area contributed by atoms with Gasteiger partial charge in [0.2, 0.25) is 0 Å². The monoisotopic (exact) mass is 152 g/mol. The van der Waals surface area contributed by atoms with E-state index in [0.717, 1.165) is 11.8 Å². The van der Waals surface area contributed by atoms with Gasteiger partial charge in [0.15, 0.2) is 0 Å². The van der Waals surface area contributed by atoms with Gasteiger partial charge in [-0.1, -0.05) is 12.8 Å². The fourth-order valence-electron chi connectivity index (χ4n) is 2.17. The van der Waals surface area contributed by atoms with Gasteiger partial charge >= 0.3 is 0 Å². The number of nitrogens with zero attached hydrogens (tertiary/aromatic N) is 1. The summed E-state index contributed by atoms with van der Waals surface area (Å²) in [6.45, 7) is 3.24. The first-order valence-corrected chi connectivity index (χ1v) is 4.64. The van der Waals surface area contributed by atoms with E-state index in [0.29, 0.717) is 6.04 Å². The van der Waals surface area contributed by atoms with Crippen molar-refractivity contribution < 1.29 is 0 Å². The molecule has 1 saturated carbocycles. The lowest BCUT2D eigenvalue weighted by Gasteiger charge is -2.33. The molecule has 0 saturated heterocycles. The summed E-state index contributed by atoms with van der Waals surface area (Å²) in [5.41, 5.74) is 0. The van der Waals surface area contributed by atoms with Gasteiger partial charge in [-0.3, -0.25) is 4.99 Å². The zero-order chi connectivity index (χ0) is 7.68. The van der Waals surface area contributed by atoms with Crippen LogP contribution in [0.15, 0.2) is 4.99 Å². The van der Waals surface area contributed by atoms with Crippen molar-refractivity contribution in [3.8, 4) is 0 Å². The molecule has 2 aliphatic rings. The maximum absolute atomic E-state index is 4.61. The Morgan fingerprint density at radius 3 is 3.09 bits per heavy atom. The highest BCUT2D eigenvalue weighted by Crippen LogP contribution is 2.27. The molecule has 11 heavy (non-hydrogen) atoms. The van der Waals surface area contributed by atoms with E-state index < -0.39 is 0 Å². The lowest BCUT2D eigenvalue weighted by molar-refractivity contribution is 0.296. The molecule has 62 valence electrons. The molecule has 0 aromatic heterocycles. The Bertz CT molecular complexity index is 174. The summed E-state index contributed by atoms with van der Waals surface area (Å²) < 4.78 is 0. The molecule has 2 atom stereocenters. The van der Waals surface area contributed by atoms with Crippen LogP contribution in [-0.2, 0) is 0 Å². The van der Waals surface area contributed by atoms with Crippen molar-refractivity contribution >= 4 is 5.84 Å². The summed E-state index contributed by atoms with van der Waals surface area (Å²) in [5, 5.41) is 3.33. The second kappa shape index (κ2) is 2.84. The fraction of sp³-hybridized carbons (Fsp3) is 0.889. The standard InChI is InChI=1S/C9H16N2/c1-7-10-6-8-4-2-3-5-9(8)11-7/h8-9H,2-6H2,1H3,(H,10,11)/t8-,9-/m1/s1. The van der Waals surface area contributed by atoms with Crippen molar-refractivity contribution in [3.63, 3.8) is 0 Å². The minimum Gasteiger partial charge on any atom is -0.374 e. The molecule has 0 radical (unpaired) electrons. The minimum atomic E-state index is 0.657. The van der Waals surface area contributed by atoms with Crippen molar-refractivity contribution in [3.05, 3.63) is 0 Å². The molecular formula is C9H16N2. The number of fused-ring (bicyclic) bond motifs is 1. The number of rotatable bonds is 0. The van der Waals surface area contributed by atoms with E-state index in [1.165, 1.54) is 32.2 Å². The Labute approximate surface area is 68.1 Å². The molecule has 0 bridgehead atoms. The zero-order valence-electron chi connectivity index (χ0n) is 7.14. The quantitative estimate of drug-likeness (QED) is 0.559. The molecule has 0 aromatic carbocycles. The summed E-state index contributed by atoms with van der Waals surface area (Å²) in [6.07, 6.45) is 5.51. The summed E-state index contributed by atoms with van der Waals surface area (Å²) in [4.78, 5) is 4.61. The zero-order valence-corrected chi connectivity index (χ0v) is 7.14. The van der Waals surface area contributed by atoms with Crippen LogP contribution in [0.5, 0.6) is 0 Å². The van der Waals surface area contributed by atoms with Gasteiger partial charge in [0.25, 0.3) is 0 Å². The number of amidine groups is 1. The van der Waals surface area contributed by atoms with Crippen molar-refractivity contribution in [1.29, 1.82) is 0 Å². The molecule has 0 spiro atoms. The summed E-state index contributed by atoms with van der Waals surface area (Å²) in [6, 6.07) is 0.657. The molecule has 1 aliphatic carbocycles. The maximum atomic E-state index is 4.61. The van der Waals surface area contributed by atoms with E-state index in [1.807, 2.05) is 0 Å². The van der Waals surface area contributed by atoms with E-state index in [-0.39, 0.29) is 0 Å². The lowest BCUT2D eigenvalue weighted by Crippen LogP contribution is -2.41. The van der Waals surface area contributed by atoms with Crippen LogP contribution in [0.2, 0.25) is 0 Å². The first-order chi connectivity index (χ1) is 5.36. The molecule has 0 unspecified atom stereocenters. The van der Waals surface area contributed by atoms with Crippen molar-refractivity contribution in [2.75, 3.05) is 6.54 Å². The van der Waals surface area contributed by atoms with Gasteiger partial charge in [-0.05, 0) is 25.7 Å². The fourth-order valence-corrected chi connectivity index (χ4v) is 2.17. The van der Waals surface area contributed by atoms with Crippen LogP contribution < -0.4 is 5.32 Å². The van der Waals surface area contributed by atoms with Crippen LogP contribution in [0.1, 0.15) is 32.6 Å².